The van der Waals surface area contributed by atoms with Crippen LogP contribution in [0.25, 0.3) is 38.5 Å². The average Bonchev–Trinajstić information content (AvgIpc) is 3.74. The van der Waals surface area contributed by atoms with Gasteiger partial charge in [0, 0.05) is 11.0 Å². The number of benzene rings is 6. The summed E-state index contributed by atoms with van der Waals surface area (Å²) in [5.41, 5.74) is 6.78. The van der Waals surface area contributed by atoms with Crippen LogP contribution in [0.4, 0.5) is 5.69 Å². The summed E-state index contributed by atoms with van der Waals surface area (Å²) in [6, 6.07) is 47.4. The fraction of sp³-hybridized carbons (Fsp3) is 0.114. The molecule has 7 aromatic rings. The van der Waals surface area contributed by atoms with Crippen LogP contribution in [0.5, 0.6) is 17.2 Å². The highest BCUT2D eigenvalue weighted by atomic mass is 32.2. The Balaban J connectivity index is 1.14. The van der Waals surface area contributed by atoms with Gasteiger partial charge in [-0.05, 0) is 89.0 Å². The van der Waals surface area contributed by atoms with Crippen molar-refractivity contribution in [1.82, 2.24) is 0 Å². The summed E-state index contributed by atoms with van der Waals surface area (Å²) in [5.74, 6) is 2.07. The quantitative estimate of drug-likeness (QED) is 0.0914. The maximum Gasteiger partial charge on any atom is 0.294 e. The maximum atomic E-state index is 11.6. The van der Waals surface area contributed by atoms with E-state index in [4.69, 9.17) is 14.2 Å². The minimum absolute atomic E-state index is 0.176. The molecule has 0 unspecified atom stereocenters. The Morgan fingerprint density at radius 2 is 1.29 bits per heavy atom. The second-order valence-corrected chi connectivity index (χ2v) is 16.3. The molecule has 0 amide bonds. The molecule has 8 rings (SSSR count). The molecule has 0 saturated carbocycles. The second-order valence-electron chi connectivity index (χ2n) is 12.7. The highest BCUT2D eigenvalue weighted by Crippen LogP contribution is 2.48. The van der Waals surface area contributed by atoms with Crippen LogP contribution in [0, 0.1) is 0 Å². The van der Waals surface area contributed by atoms with Crippen molar-refractivity contribution in [2.45, 2.75) is 16.3 Å². The first-order valence-corrected chi connectivity index (χ1v) is 20.8. The number of fused-ring (bicyclic) bond motifs is 2. The van der Waals surface area contributed by atoms with Crippen molar-refractivity contribution in [3.05, 3.63) is 156 Å². The number of nitrogens with zero attached hydrogens (tertiary/aromatic N) is 2. The van der Waals surface area contributed by atoms with Crippen molar-refractivity contribution < 1.29 is 31.7 Å². The molecular formula is C44H37N2O6S3+. The largest absolute Gasteiger partial charge is 0.497 e. The van der Waals surface area contributed by atoms with E-state index < -0.39 is 10.1 Å². The molecule has 2 heterocycles. The van der Waals surface area contributed by atoms with Crippen LogP contribution in [0.2, 0.25) is 0 Å². The summed E-state index contributed by atoms with van der Waals surface area (Å²) in [5, 5.41) is 2.15. The van der Waals surface area contributed by atoms with Gasteiger partial charge in [-0.1, -0.05) is 95.9 Å². The Kier molecular flexibility index (Phi) is 10.6. The van der Waals surface area contributed by atoms with Crippen LogP contribution in [-0.2, 0) is 16.7 Å². The topological polar surface area (TPSA) is 89.2 Å². The molecule has 8 nitrogen and oxygen atoms in total. The van der Waals surface area contributed by atoms with Gasteiger partial charge in [0.25, 0.3) is 15.1 Å². The normalized spacial score (nSPS) is 13.3. The van der Waals surface area contributed by atoms with E-state index >= 15 is 0 Å². The van der Waals surface area contributed by atoms with E-state index in [2.05, 4.69) is 88.3 Å². The Bertz CT molecular complexity index is 2580. The Morgan fingerprint density at radius 3 is 1.95 bits per heavy atom. The predicted octanol–water partition coefficient (Wildman–Crippen LogP) is 9.85. The molecule has 1 aliphatic rings. The van der Waals surface area contributed by atoms with Crippen molar-refractivity contribution in [1.29, 1.82) is 0 Å². The zero-order valence-electron chi connectivity index (χ0n) is 29.9. The third-order valence-electron chi connectivity index (χ3n) is 9.27. The van der Waals surface area contributed by atoms with E-state index in [9.17, 15) is 13.0 Å². The van der Waals surface area contributed by atoms with Gasteiger partial charge in [-0.25, -0.2) is 0 Å². The van der Waals surface area contributed by atoms with E-state index in [1.165, 1.54) is 16.8 Å². The van der Waals surface area contributed by atoms with Crippen LogP contribution in [-0.4, -0.2) is 39.8 Å². The third-order valence-corrected chi connectivity index (χ3v) is 12.4. The number of anilines is 1. The Hall–Kier alpha value is -5.59. The molecule has 0 spiro atoms. The number of methoxy groups -OCH3 is 1. The monoisotopic (exact) mass is 785 g/mol. The first-order valence-electron chi connectivity index (χ1n) is 17.7. The molecule has 55 heavy (non-hydrogen) atoms. The smallest absolute Gasteiger partial charge is 0.294 e. The number of aromatic nitrogens is 1. The van der Waals surface area contributed by atoms with Crippen molar-refractivity contribution in [2.24, 2.45) is 0 Å². The zero-order valence-corrected chi connectivity index (χ0v) is 32.3. The number of thioether (sulfide) groups is 1. The standard InChI is InChI=1S/C44H36N2O6S3/c1-50-35-14-16-36(17-15-35)51-26-24-45-39-28-33(31-8-4-2-5-9-31)12-22-41(39)53-43(45)30-44-46(25-27-52-37-18-20-38(21-19-37)55(47,48)49)40-29-34(13-23-42(40)54-44)32-10-6-3-7-11-32/h2-23,28-30H,24-27H2,1H3/p+1. The molecule has 276 valence electrons. The average molecular weight is 786 g/mol. The number of rotatable bonds is 13. The van der Waals surface area contributed by atoms with Crippen molar-refractivity contribution in [2.75, 3.05) is 31.8 Å². The SMILES string of the molecule is COc1ccc(OCC[n+]2c(C=C3Sc4ccc(-c5ccccc5)cc4N3CCOc3ccc(S(=O)(=O)O)cc3)sc3ccc(-c4ccccc4)cc32)cc1. The highest BCUT2D eigenvalue weighted by Gasteiger charge is 2.29. The van der Waals surface area contributed by atoms with Gasteiger partial charge in [0.15, 0.2) is 6.54 Å². The molecule has 6 aromatic carbocycles. The van der Waals surface area contributed by atoms with E-state index in [1.54, 1.807) is 42.3 Å². The molecule has 1 N–H and O–H groups in total. The van der Waals surface area contributed by atoms with Gasteiger partial charge in [-0.3, -0.25) is 4.55 Å². The van der Waals surface area contributed by atoms with Crippen molar-refractivity contribution >= 4 is 55.2 Å². The summed E-state index contributed by atoms with van der Waals surface area (Å²) in [6.07, 6.45) is 2.26. The molecule has 1 aliphatic heterocycles. The molecule has 0 aliphatic carbocycles. The van der Waals surface area contributed by atoms with Gasteiger partial charge in [0.05, 0.1) is 35.3 Å². The Labute approximate surface area is 328 Å². The molecule has 0 fully saturated rings. The van der Waals surface area contributed by atoms with Crippen LogP contribution >= 0.6 is 23.1 Å². The van der Waals surface area contributed by atoms with Crippen LogP contribution in [0.3, 0.4) is 0 Å². The van der Waals surface area contributed by atoms with E-state index in [0.29, 0.717) is 32.1 Å². The van der Waals surface area contributed by atoms with E-state index in [1.807, 2.05) is 48.5 Å². The number of thiazole rings is 1. The fourth-order valence-electron chi connectivity index (χ4n) is 6.49. The molecule has 0 saturated heterocycles. The van der Waals surface area contributed by atoms with Crippen LogP contribution < -0.4 is 23.7 Å². The van der Waals surface area contributed by atoms with Gasteiger partial charge in [0.2, 0.25) is 5.52 Å². The van der Waals surface area contributed by atoms with Crippen LogP contribution in [0.15, 0.2) is 160 Å². The van der Waals surface area contributed by atoms with E-state index in [0.717, 1.165) is 59.9 Å². The lowest BCUT2D eigenvalue weighted by molar-refractivity contribution is -0.669. The Morgan fingerprint density at radius 1 is 0.691 bits per heavy atom. The highest BCUT2D eigenvalue weighted by molar-refractivity contribution is 8.03. The van der Waals surface area contributed by atoms with Gasteiger partial charge < -0.3 is 19.1 Å². The van der Waals surface area contributed by atoms with Gasteiger partial charge in [-0.15, -0.1) is 0 Å². The molecule has 0 bridgehead atoms. The summed E-state index contributed by atoms with van der Waals surface area (Å²) >= 11 is 3.47. The predicted molar refractivity (Wildman–Crippen MR) is 221 cm³/mol. The lowest BCUT2D eigenvalue weighted by Crippen LogP contribution is -2.38. The summed E-state index contributed by atoms with van der Waals surface area (Å²) in [6.45, 7) is 1.96. The van der Waals surface area contributed by atoms with Crippen molar-refractivity contribution in [3.8, 4) is 39.5 Å². The molecular weight excluding hydrogens is 749 g/mol. The van der Waals surface area contributed by atoms with Gasteiger partial charge >= 0.3 is 0 Å². The zero-order chi connectivity index (χ0) is 37.8. The molecule has 11 heteroatoms. The number of ether oxygens (including phenoxy) is 3. The van der Waals surface area contributed by atoms with Crippen molar-refractivity contribution in [3.63, 3.8) is 0 Å². The minimum atomic E-state index is -4.29. The molecule has 0 atom stereocenters. The van der Waals surface area contributed by atoms with E-state index in [-0.39, 0.29) is 4.90 Å². The van der Waals surface area contributed by atoms with Gasteiger partial charge in [-0.2, -0.15) is 13.0 Å². The van der Waals surface area contributed by atoms with Crippen LogP contribution in [0.1, 0.15) is 5.01 Å². The number of hydrogen-bond acceptors (Lipinski definition) is 8. The summed E-state index contributed by atoms with van der Waals surface area (Å²) in [4.78, 5) is 3.26. The maximum absolute atomic E-state index is 11.6. The first kappa shape index (κ1) is 36.4. The molecule has 0 radical (unpaired) electrons. The first-order chi connectivity index (χ1) is 26.8. The minimum Gasteiger partial charge on any atom is -0.497 e. The summed E-state index contributed by atoms with van der Waals surface area (Å²) in [7, 11) is -2.64. The lowest BCUT2D eigenvalue weighted by atomic mass is 10.0. The lowest BCUT2D eigenvalue weighted by Gasteiger charge is -2.21. The molecule has 1 aromatic heterocycles. The fourth-order valence-corrected chi connectivity index (χ4v) is 9.26. The summed E-state index contributed by atoms with van der Waals surface area (Å²) < 4.78 is 53.7. The second kappa shape index (κ2) is 16.0. The third kappa shape index (κ3) is 8.25. The number of hydrogen-bond donors (Lipinski definition) is 1. The van der Waals surface area contributed by atoms with Gasteiger partial charge in [0.1, 0.15) is 35.2 Å².